The number of carbonyl (C=O) groups excluding carboxylic acids is 1. The maximum absolute atomic E-state index is 12.9. The Hall–Kier alpha value is -2.69. The predicted octanol–water partition coefficient (Wildman–Crippen LogP) is 4.11. The molecule has 1 amide bonds. The Morgan fingerprint density at radius 3 is 2.58 bits per heavy atom. The van der Waals surface area contributed by atoms with Gasteiger partial charge in [0, 0.05) is 30.4 Å². The summed E-state index contributed by atoms with van der Waals surface area (Å²) in [7, 11) is 1.90. The first-order chi connectivity index (χ1) is 12.6. The van der Waals surface area contributed by atoms with Crippen LogP contribution in [0.4, 0.5) is 0 Å². The summed E-state index contributed by atoms with van der Waals surface area (Å²) >= 11 is 0. The summed E-state index contributed by atoms with van der Waals surface area (Å²) in [5, 5.41) is 4.53. The summed E-state index contributed by atoms with van der Waals surface area (Å²) in [6, 6.07) is 14.2. The average molecular weight is 348 g/mol. The van der Waals surface area contributed by atoms with E-state index >= 15 is 0 Å². The van der Waals surface area contributed by atoms with Gasteiger partial charge in [-0.05, 0) is 25.8 Å². The first-order valence-corrected chi connectivity index (χ1v) is 9.33. The largest absolute Gasteiger partial charge is 0.337 e. The highest BCUT2D eigenvalue weighted by atomic mass is 16.2. The van der Waals surface area contributed by atoms with Crippen LogP contribution in [0.5, 0.6) is 0 Å². The number of rotatable bonds is 3. The molecule has 1 fully saturated rings. The number of fused-ring (bicyclic) bond motifs is 1. The number of aromatic nitrogens is 3. The number of nitrogens with zero attached hydrogens (tertiary/aromatic N) is 4. The molecule has 5 nitrogen and oxygen atoms in total. The van der Waals surface area contributed by atoms with Crippen LogP contribution in [-0.4, -0.2) is 38.5 Å². The van der Waals surface area contributed by atoms with Crippen LogP contribution >= 0.6 is 0 Å². The van der Waals surface area contributed by atoms with Gasteiger partial charge < -0.3 is 4.90 Å². The van der Waals surface area contributed by atoms with Crippen molar-refractivity contribution in [2.24, 2.45) is 0 Å². The van der Waals surface area contributed by atoms with Gasteiger partial charge in [-0.1, -0.05) is 49.6 Å². The fourth-order valence-electron chi connectivity index (χ4n) is 3.80. The minimum Gasteiger partial charge on any atom is -0.337 e. The standard InChI is InChI=1S/C21H24N4O/c1-15-13-18(16-9-5-3-6-10-16)22-20-14-19(23-25(15)20)21(26)24(2)17-11-7-4-8-12-17/h3,5-6,9-10,13-14,17H,4,7-8,11-12H2,1-2H3. The second-order valence-electron chi connectivity index (χ2n) is 7.16. The lowest BCUT2D eigenvalue weighted by Gasteiger charge is -2.30. The molecule has 1 aliphatic carbocycles. The van der Waals surface area contributed by atoms with E-state index < -0.39 is 0 Å². The van der Waals surface area contributed by atoms with E-state index in [-0.39, 0.29) is 5.91 Å². The van der Waals surface area contributed by atoms with Crippen molar-refractivity contribution in [3.8, 4) is 11.3 Å². The van der Waals surface area contributed by atoms with Crippen molar-refractivity contribution >= 4 is 11.6 Å². The Morgan fingerprint density at radius 2 is 1.85 bits per heavy atom. The van der Waals surface area contributed by atoms with E-state index in [4.69, 9.17) is 4.98 Å². The molecule has 2 aromatic heterocycles. The molecule has 3 aromatic rings. The topological polar surface area (TPSA) is 50.5 Å². The molecule has 0 aliphatic heterocycles. The van der Waals surface area contributed by atoms with E-state index in [1.807, 2.05) is 55.3 Å². The van der Waals surface area contributed by atoms with Crippen LogP contribution in [0.15, 0.2) is 42.5 Å². The lowest BCUT2D eigenvalue weighted by atomic mass is 9.94. The van der Waals surface area contributed by atoms with Gasteiger partial charge in [-0.15, -0.1) is 0 Å². The van der Waals surface area contributed by atoms with Crippen molar-refractivity contribution < 1.29 is 4.79 Å². The molecule has 0 N–H and O–H groups in total. The van der Waals surface area contributed by atoms with Crippen molar-refractivity contribution in [1.82, 2.24) is 19.5 Å². The summed E-state index contributed by atoms with van der Waals surface area (Å²) in [5.74, 6) is -0.0111. The molecule has 0 bridgehead atoms. The SMILES string of the molecule is Cc1cc(-c2ccccc2)nc2cc(C(=O)N(C)C3CCCCC3)nn12. The second kappa shape index (κ2) is 6.90. The smallest absolute Gasteiger partial charge is 0.274 e. The van der Waals surface area contributed by atoms with Crippen LogP contribution in [0.3, 0.4) is 0 Å². The van der Waals surface area contributed by atoms with E-state index in [0.29, 0.717) is 17.4 Å². The minimum absolute atomic E-state index is 0.0111. The number of hydrogen-bond donors (Lipinski definition) is 0. The van der Waals surface area contributed by atoms with Gasteiger partial charge in [0.05, 0.1) is 5.69 Å². The van der Waals surface area contributed by atoms with Crippen molar-refractivity contribution in [2.45, 2.75) is 45.1 Å². The summed E-state index contributed by atoms with van der Waals surface area (Å²) < 4.78 is 1.76. The Labute approximate surface area is 153 Å². The van der Waals surface area contributed by atoms with E-state index in [1.165, 1.54) is 19.3 Å². The molecule has 0 atom stereocenters. The number of amides is 1. The van der Waals surface area contributed by atoms with Gasteiger partial charge in [-0.3, -0.25) is 4.79 Å². The molecular weight excluding hydrogens is 324 g/mol. The number of hydrogen-bond acceptors (Lipinski definition) is 3. The van der Waals surface area contributed by atoms with Crippen molar-refractivity contribution in [3.05, 3.63) is 53.9 Å². The molecule has 2 heterocycles. The minimum atomic E-state index is -0.0111. The Kier molecular flexibility index (Phi) is 4.45. The Bertz CT molecular complexity index is 926. The first kappa shape index (κ1) is 16.8. The number of aryl methyl sites for hydroxylation is 1. The average Bonchev–Trinajstić information content (AvgIpc) is 3.13. The predicted molar refractivity (Wildman–Crippen MR) is 102 cm³/mol. The summed E-state index contributed by atoms with van der Waals surface area (Å²) in [6.45, 7) is 1.99. The van der Waals surface area contributed by atoms with Gasteiger partial charge in [-0.25, -0.2) is 9.50 Å². The highest BCUT2D eigenvalue weighted by Crippen LogP contribution is 2.24. The molecule has 5 heteroatoms. The van der Waals surface area contributed by atoms with Crippen molar-refractivity contribution in [1.29, 1.82) is 0 Å². The van der Waals surface area contributed by atoms with Crippen molar-refractivity contribution in [3.63, 3.8) is 0 Å². The quantitative estimate of drug-likeness (QED) is 0.716. The zero-order valence-electron chi connectivity index (χ0n) is 15.4. The molecule has 4 rings (SSSR count). The number of carbonyl (C=O) groups is 1. The molecule has 0 spiro atoms. The van der Waals surface area contributed by atoms with Gasteiger partial charge in [0.2, 0.25) is 0 Å². The van der Waals surface area contributed by atoms with E-state index in [9.17, 15) is 4.79 Å². The summed E-state index contributed by atoms with van der Waals surface area (Å²) in [5.41, 5.74) is 4.11. The van der Waals surface area contributed by atoms with Crippen LogP contribution in [0, 0.1) is 6.92 Å². The third-order valence-electron chi connectivity index (χ3n) is 5.34. The molecule has 0 unspecified atom stereocenters. The summed E-state index contributed by atoms with van der Waals surface area (Å²) in [4.78, 5) is 19.5. The fourth-order valence-corrected chi connectivity index (χ4v) is 3.80. The second-order valence-corrected chi connectivity index (χ2v) is 7.16. The zero-order valence-corrected chi connectivity index (χ0v) is 15.4. The molecule has 1 saturated carbocycles. The van der Waals surface area contributed by atoms with Crippen LogP contribution in [0.2, 0.25) is 0 Å². The molecule has 134 valence electrons. The molecule has 26 heavy (non-hydrogen) atoms. The van der Waals surface area contributed by atoms with E-state index in [0.717, 1.165) is 29.8 Å². The van der Waals surface area contributed by atoms with Gasteiger partial charge in [0.1, 0.15) is 0 Å². The van der Waals surface area contributed by atoms with Gasteiger partial charge in [0.15, 0.2) is 11.3 Å². The Balaban J connectivity index is 1.67. The van der Waals surface area contributed by atoms with Crippen LogP contribution in [0.1, 0.15) is 48.3 Å². The molecule has 0 saturated heterocycles. The lowest BCUT2D eigenvalue weighted by molar-refractivity contribution is 0.0690. The van der Waals surface area contributed by atoms with Crippen LogP contribution in [-0.2, 0) is 0 Å². The van der Waals surface area contributed by atoms with E-state index in [1.54, 1.807) is 10.6 Å². The molecule has 0 radical (unpaired) electrons. The van der Waals surface area contributed by atoms with Crippen LogP contribution in [0.25, 0.3) is 16.9 Å². The zero-order chi connectivity index (χ0) is 18.1. The first-order valence-electron chi connectivity index (χ1n) is 9.33. The molecule has 1 aromatic carbocycles. The van der Waals surface area contributed by atoms with E-state index in [2.05, 4.69) is 5.10 Å². The normalized spacial score (nSPS) is 15.3. The molecule has 1 aliphatic rings. The maximum atomic E-state index is 12.9. The monoisotopic (exact) mass is 348 g/mol. The van der Waals surface area contributed by atoms with Gasteiger partial charge in [0.25, 0.3) is 5.91 Å². The Morgan fingerprint density at radius 1 is 1.12 bits per heavy atom. The van der Waals surface area contributed by atoms with Gasteiger partial charge in [-0.2, -0.15) is 5.10 Å². The fraction of sp³-hybridized carbons (Fsp3) is 0.381. The summed E-state index contributed by atoms with van der Waals surface area (Å²) in [6.07, 6.45) is 5.86. The third-order valence-corrected chi connectivity index (χ3v) is 5.34. The van der Waals surface area contributed by atoms with Crippen LogP contribution < -0.4 is 0 Å². The number of benzene rings is 1. The lowest BCUT2D eigenvalue weighted by Crippen LogP contribution is -2.38. The highest BCUT2D eigenvalue weighted by Gasteiger charge is 2.25. The third kappa shape index (κ3) is 3.09. The maximum Gasteiger partial charge on any atom is 0.274 e. The van der Waals surface area contributed by atoms with Gasteiger partial charge >= 0.3 is 0 Å². The van der Waals surface area contributed by atoms with Crippen molar-refractivity contribution in [2.75, 3.05) is 7.05 Å². The highest BCUT2D eigenvalue weighted by molar-refractivity contribution is 5.93. The molecular formula is C21H24N4O.